The SMILES string of the molecule is Cc1ccc(CN(C)C(=O)COC(=O)CN2C(=O)NC3(CCCC3)C2=O)c(C)c1. The Labute approximate surface area is 170 Å². The average molecular weight is 401 g/mol. The van der Waals surface area contributed by atoms with Crippen LogP contribution in [0.5, 0.6) is 0 Å². The van der Waals surface area contributed by atoms with Crippen molar-refractivity contribution in [2.45, 2.75) is 51.6 Å². The van der Waals surface area contributed by atoms with E-state index in [1.165, 1.54) is 4.90 Å². The van der Waals surface area contributed by atoms with Crippen LogP contribution in [0.3, 0.4) is 0 Å². The zero-order chi connectivity index (χ0) is 21.2. The van der Waals surface area contributed by atoms with Crippen molar-refractivity contribution >= 4 is 23.8 Å². The molecular weight excluding hydrogens is 374 g/mol. The number of imide groups is 1. The van der Waals surface area contributed by atoms with Gasteiger partial charge in [-0.1, -0.05) is 36.6 Å². The fourth-order valence-electron chi connectivity index (χ4n) is 3.93. The minimum absolute atomic E-state index is 0.359. The lowest BCUT2D eigenvalue weighted by atomic mass is 9.98. The molecule has 1 heterocycles. The van der Waals surface area contributed by atoms with Crippen molar-refractivity contribution in [2.75, 3.05) is 20.2 Å². The first-order chi connectivity index (χ1) is 13.7. The molecule has 156 valence electrons. The largest absolute Gasteiger partial charge is 0.454 e. The number of benzene rings is 1. The molecular formula is C21H27N3O5. The number of carbonyl (C=O) groups is 4. The van der Waals surface area contributed by atoms with Crippen molar-refractivity contribution < 1.29 is 23.9 Å². The average Bonchev–Trinajstić information content (AvgIpc) is 3.22. The van der Waals surface area contributed by atoms with E-state index in [4.69, 9.17) is 4.74 Å². The van der Waals surface area contributed by atoms with Crippen molar-refractivity contribution in [3.8, 4) is 0 Å². The Balaban J connectivity index is 1.49. The summed E-state index contributed by atoms with van der Waals surface area (Å²) in [6.07, 6.45) is 2.91. The maximum Gasteiger partial charge on any atom is 0.326 e. The van der Waals surface area contributed by atoms with Gasteiger partial charge in [0, 0.05) is 13.6 Å². The number of hydrogen-bond donors (Lipinski definition) is 1. The van der Waals surface area contributed by atoms with Gasteiger partial charge in [-0.05, 0) is 37.8 Å². The predicted molar refractivity (Wildman–Crippen MR) is 105 cm³/mol. The fourth-order valence-corrected chi connectivity index (χ4v) is 3.93. The van der Waals surface area contributed by atoms with Crippen LogP contribution in [0.4, 0.5) is 4.79 Å². The maximum absolute atomic E-state index is 12.5. The maximum atomic E-state index is 12.5. The third-order valence-electron chi connectivity index (χ3n) is 5.68. The van der Waals surface area contributed by atoms with E-state index in [-0.39, 0.29) is 11.8 Å². The summed E-state index contributed by atoms with van der Waals surface area (Å²) >= 11 is 0. The number of urea groups is 1. The Morgan fingerprint density at radius 2 is 1.90 bits per heavy atom. The van der Waals surface area contributed by atoms with Gasteiger partial charge < -0.3 is 15.0 Å². The minimum atomic E-state index is -0.862. The number of amides is 4. The van der Waals surface area contributed by atoms with Crippen molar-refractivity contribution in [2.24, 2.45) is 0 Å². The molecule has 0 aromatic heterocycles. The molecule has 1 spiro atoms. The first-order valence-electron chi connectivity index (χ1n) is 9.82. The van der Waals surface area contributed by atoms with Crippen LogP contribution in [0.1, 0.15) is 42.4 Å². The third-order valence-corrected chi connectivity index (χ3v) is 5.68. The molecule has 1 saturated heterocycles. The first-order valence-corrected chi connectivity index (χ1v) is 9.82. The van der Waals surface area contributed by atoms with Crippen LogP contribution < -0.4 is 5.32 Å². The number of nitrogens with one attached hydrogen (secondary N) is 1. The highest BCUT2D eigenvalue weighted by Gasteiger charge is 2.52. The van der Waals surface area contributed by atoms with Gasteiger partial charge in [0.25, 0.3) is 11.8 Å². The van der Waals surface area contributed by atoms with Gasteiger partial charge in [-0.25, -0.2) is 4.79 Å². The molecule has 0 radical (unpaired) electrons. The molecule has 8 heteroatoms. The topological polar surface area (TPSA) is 96.0 Å². The monoisotopic (exact) mass is 401 g/mol. The lowest BCUT2D eigenvalue weighted by Gasteiger charge is -2.20. The lowest BCUT2D eigenvalue weighted by molar-refractivity contribution is -0.153. The van der Waals surface area contributed by atoms with Crippen LogP contribution >= 0.6 is 0 Å². The second kappa shape index (κ2) is 8.23. The zero-order valence-corrected chi connectivity index (χ0v) is 17.1. The van der Waals surface area contributed by atoms with Gasteiger partial charge in [0.2, 0.25) is 0 Å². The first kappa shape index (κ1) is 20.8. The van der Waals surface area contributed by atoms with E-state index in [1.807, 2.05) is 32.0 Å². The molecule has 2 aliphatic rings. The molecule has 8 nitrogen and oxygen atoms in total. The summed E-state index contributed by atoms with van der Waals surface area (Å²) in [5.41, 5.74) is 2.38. The molecule has 0 atom stereocenters. The van der Waals surface area contributed by atoms with E-state index in [2.05, 4.69) is 5.32 Å². The third kappa shape index (κ3) is 4.41. The standard InChI is InChI=1S/C21H27N3O5/c1-14-6-7-16(15(2)10-14)11-23(3)17(25)13-29-18(26)12-24-19(27)21(22-20(24)28)8-4-5-9-21/h6-7,10H,4-5,8-9,11-13H2,1-3H3,(H,22,28). The molecule has 1 saturated carbocycles. The summed E-state index contributed by atoms with van der Waals surface area (Å²) in [5.74, 6) is -1.52. The summed E-state index contributed by atoms with van der Waals surface area (Å²) in [7, 11) is 1.64. The van der Waals surface area contributed by atoms with Gasteiger partial charge >= 0.3 is 12.0 Å². The molecule has 1 N–H and O–H groups in total. The smallest absolute Gasteiger partial charge is 0.326 e. The Morgan fingerprint density at radius 1 is 1.21 bits per heavy atom. The molecule has 1 aromatic rings. The normalized spacial score (nSPS) is 17.6. The fraction of sp³-hybridized carbons (Fsp3) is 0.524. The Bertz CT molecular complexity index is 845. The van der Waals surface area contributed by atoms with Gasteiger partial charge in [0.15, 0.2) is 6.61 Å². The lowest BCUT2D eigenvalue weighted by Crippen LogP contribution is -2.44. The van der Waals surface area contributed by atoms with E-state index in [9.17, 15) is 19.2 Å². The summed E-state index contributed by atoms with van der Waals surface area (Å²) in [4.78, 5) is 51.4. The Kier molecular flexibility index (Phi) is 5.91. The summed E-state index contributed by atoms with van der Waals surface area (Å²) in [6, 6.07) is 5.42. The van der Waals surface area contributed by atoms with Crippen LogP contribution in [-0.2, 0) is 25.7 Å². The van der Waals surface area contributed by atoms with E-state index in [1.54, 1.807) is 7.05 Å². The second-order valence-corrected chi connectivity index (χ2v) is 7.95. The van der Waals surface area contributed by atoms with Crippen molar-refractivity contribution in [1.29, 1.82) is 0 Å². The van der Waals surface area contributed by atoms with Gasteiger partial charge in [-0.15, -0.1) is 0 Å². The summed E-state index contributed by atoms with van der Waals surface area (Å²) in [6.45, 7) is 3.47. The number of hydrogen-bond acceptors (Lipinski definition) is 5. The Morgan fingerprint density at radius 3 is 2.55 bits per heavy atom. The van der Waals surface area contributed by atoms with Crippen LogP contribution in [0.2, 0.25) is 0 Å². The number of ether oxygens (including phenoxy) is 1. The molecule has 1 aliphatic heterocycles. The van der Waals surface area contributed by atoms with Crippen molar-refractivity contribution in [3.63, 3.8) is 0 Å². The highest BCUT2D eigenvalue weighted by Crippen LogP contribution is 2.34. The summed E-state index contributed by atoms with van der Waals surface area (Å²) in [5, 5.41) is 2.71. The zero-order valence-electron chi connectivity index (χ0n) is 17.1. The quantitative estimate of drug-likeness (QED) is 0.578. The van der Waals surface area contributed by atoms with E-state index >= 15 is 0 Å². The van der Waals surface area contributed by atoms with Crippen LogP contribution in [0.15, 0.2) is 18.2 Å². The molecule has 2 fully saturated rings. The highest BCUT2D eigenvalue weighted by molar-refractivity contribution is 6.08. The van der Waals surface area contributed by atoms with E-state index < -0.39 is 30.7 Å². The van der Waals surface area contributed by atoms with Crippen LogP contribution in [0, 0.1) is 13.8 Å². The number of aryl methyl sites for hydroxylation is 2. The van der Waals surface area contributed by atoms with Crippen LogP contribution in [-0.4, -0.2) is 59.4 Å². The highest BCUT2D eigenvalue weighted by atomic mass is 16.5. The van der Waals surface area contributed by atoms with Gasteiger partial charge in [-0.3, -0.25) is 19.3 Å². The van der Waals surface area contributed by atoms with Crippen molar-refractivity contribution in [3.05, 3.63) is 34.9 Å². The minimum Gasteiger partial charge on any atom is -0.454 e. The molecule has 29 heavy (non-hydrogen) atoms. The van der Waals surface area contributed by atoms with E-state index in [0.29, 0.717) is 19.4 Å². The number of esters is 1. The van der Waals surface area contributed by atoms with Crippen LogP contribution in [0.25, 0.3) is 0 Å². The number of carbonyl (C=O) groups excluding carboxylic acids is 4. The number of likely N-dealkylation sites (N-methyl/N-ethyl adjacent to an activating group) is 1. The van der Waals surface area contributed by atoms with Crippen molar-refractivity contribution in [1.82, 2.24) is 15.1 Å². The van der Waals surface area contributed by atoms with Gasteiger partial charge in [0.1, 0.15) is 12.1 Å². The molecule has 3 rings (SSSR count). The number of nitrogens with zero attached hydrogens (tertiary/aromatic N) is 2. The Hall–Kier alpha value is -2.90. The predicted octanol–water partition coefficient (Wildman–Crippen LogP) is 1.67. The molecule has 1 aromatic carbocycles. The van der Waals surface area contributed by atoms with E-state index in [0.717, 1.165) is 34.4 Å². The summed E-state index contributed by atoms with van der Waals surface area (Å²) < 4.78 is 5.02. The molecule has 0 bridgehead atoms. The van der Waals surface area contributed by atoms with Gasteiger partial charge in [-0.2, -0.15) is 0 Å². The van der Waals surface area contributed by atoms with Gasteiger partial charge in [0.05, 0.1) is 0 Å². The number of rotatable bonds is 6. The molecule has 1 aliphatic carbocycles. The second-order valence-electron chi connectivity index (χ2n) is 7.95. The molecule has 0 unspecified atom stereocenters. The molecule has 4 amide bonds.